The Labute approximate surface area is 525 Å². The first-order valence-corrected chi connectivity index (χ1v) is 34.5. The van der Waals surface area contributed by atoms with Crippen LogP contribution in [0.25, 0.3) is 21.8 Å². The van der Waals surface area contributed by atoms with Crippen LogP contribution in [0, 0.1) is 11.8 Å². The van der Waals surface area contributed by atoms with Crippen LogP contribution in [0.15, 0.2) is 66.3 Å². The van der Waals surface area contributed by atoms with Gasteiger partial charge in [-0.25, -0.2) is 4.98 Å². The lowest BCUT2D eigenvalue weighted by molar-refractivity contribution is -0.137. The van der Waals surface area contributed by atoms with Gasteiger partial charge in [0.15, 0.2) is 5.13 Å². The van der Waals surface area contributed by atoms with Crippen molar-refractivity contribution in [2.24, 2.45) is 11.8 Å². The molecule has 88 heavy (non-hydrogen) atoms. The van der Waals surface area contributed by atoms with E-state index < -0.39 is 5.60 Å². The minimum absolute atomic E-state index is 0.0135. The summed E-state index contributed by atoms with van der Waals surface area (Å²) in [6, 6.07) is 16.2. The molecule has 20 heteroatoms. The number of aromatic nitrogens is 3. The van der Waals surface area contributed by atoms with Crippen molar-refractivity contribution in [1.29, 1.82) is 0 Å². The van der Waals surface area contributed by atoms with Crippen molar-refractivity contribution in [2.45, 2.75) is 141 Å². The lowest BCUT2D eigenvalue weighted by Gasteiger charge is -2.41. The van der Waals surface area contributed by atoms with Gasteiger partial charge in [0.2, 0.25) is 17.7 Å². The molecule has 0 spiro atoms. The fourth-order valence-corrected chi connectivity index (χ4v) is 16.1. The molecule has 7 aliphatic rings. The van der Waals surface area contributed by atoms with Crippen molar-refractivity contribution in [3.8, 4) is 0 Å². The molecule has 2 unspecified atom stereocenters. The van der Waals surface area contributed by atoms with Crippen LogP contribution in [0.4, 0.5) is 16.5 Å². The van der Waals surface area contributed by atoms with Crippen molar-refractivity contribution in [3.05, 3.63) is 83.1 Å². The Balaban J connectivity index is 0.000000182. The number of nitrogens with one attached hydrogen (secondary N) is 2. The quantitative estimate of drug-likeness (QED) is 0.0532. The molecule has 5 aromatic rings. The number of aliphatic hydroxyl groups is 3. The van der Waals surface area contributed by atoms with E-state index in [1.165, 1.54) is 38.5 Å². The second kappa shape index (κ2) is 31.0. The van der Waals surface area contributed by atoms with Crippen LogP contribution >= 0.6 is 11.3 Å². The van der Waals surface area contributed by atoms with Crippen molar-refractivity contribution < 1.29 is 29.7 Å². The van der Waals surface area contributed by atoms with Crippen molar-refractivity contribution in [3.63, 3.8) is 0 Å². The smallest absolute Gasteiger partial charge is 0.225 e. The molecule has 6 saturated heterocycles. The Hall–Kier alpha value is -5.58. The van der Waals surface area contributed by atoms with Gasteiger partial charge in [0.25, 0.3) is 0 Å². The molecule has 1 saturated carbocycles. The number of rotatable bonds is 20. The lowest BCUT2D eigenvalue weighted by atomic mass is 9.85. The lowest BCUT2D eigenvalue weighted by Crippen LogP contribution is -2.50. The summed E-state index contributed by atoms with van der Waals surface area (Å²) in [6.45, 7) is 19.6. The number of pyridine rings is 2. The van der Waals surface area contributed by atoms with E-state index >= 15 is 0 Å². The maximum atomic E-state index is 13.4. The standard InChI is InChI=1S/C35H52N6O3.C33H47N7O3S/c42-26-30-11-10-28-9-5-14-37-33(28)34(30)40-19-6-18-39(23-24-40)31(25-32(43)36-15-22-38-16-3-4-17-38)27-12-20-41(21-13-27)35(44)29-7-1-2-8-29;1-33(43)9-17-40(18-10-33)32-36-27(24-44-32)28(22-29(42)34-12-19-37-13-2-3-14-37)38-15-5-16-39(21-20-38)31-26(23-41)8-7-25-6-4-11-35-30(25)31/h5,9-11,14,27,29,31,42H,1-4,6-8,12-13,15-26H2,(H,36,43);4,6-8,11,24,28,41,43H,2-3,5,9-10,12-23H2,1H3,(H,34,42). The van der Waals surface area contributed by atoms with E-state index in [1.807, 2.05) is 55.7 Å². The zero-order valence-corrected chi connectivity index (χ0v) is 53.2. The molecule has 2 atom stereocenters. The van der Waals surface area contributed by atoms with Gasteiger partial charge in [0.05, 0.1) is 53.0 Å². The Morgan fingerprint density at radius 2 is 1.12 bits per heavy atom. The van der Waals surface area contributed by atoms with Crippen molar-refractivity contribution >= 4 is 67.4 Å². The number of piperidine rings is 2. The fraction of sp³-hybridized carbons (Fsp3) is 0.647. The second-order valence-electron chi connectivity index (χ2n) is 26.3. The van der Waals surface area contributed by atoms with E-state index in [4.69, 9.17) is 15.0 Å². The summed E-state index contributed by atoms with van der Waals surface area (Å²) in [5.41, 5.74) is 6.07. The van der Waals surface area contributed by atoms with Gasteiger partial charge >= 0.3 is 0 Å². The van der Waals surface area contributed by atoms with E-state index in [-0.39, 0.29) is 43.0 Å². The molecule has 7 fully saturated rings. The highest BCUT2D eigenvalue weighted by Crippen LogP contribution is 2.37. The normalized spacial score (nSPS) is 21.3. The summed E-state index contributed by atoms with van der Waals surface area (Å²) < 4.78 is 0. The molecule has 6 aliphatic heterocycles. The third kappa shape index (κ3) is 16.3. The van der Waals surface area contributed by atoms with Crippen LogP contribution in [0.3, 0.4) is 0 Å². The van der Waals surface area contributed by atoms with E-state index in [9.17, 15) is 29.7 Å². The molecule has 2 aromatic carbocycles. The molecule has 0 radical (unpaired) electrons. The van der Waals surface area contributed by atoms with Crippen LogP contribution in [0.5, 0.6) is 0 Å². The van der Waals surface area contributed by atoms with Gasteiger partial charge in [-0.2, -0.15) is 0 Å². The predicted molar refractivity (Wildman–Crippen MR) is 351 cm³/mol. The Morgan fingerprint density at radius 3 is 1.68 bits per heavy atom. The molecule has 3 aromatic heterocycles. The van der Waals surface area contributed by atoms with Crippen LogP contribution in [0.2, 0.25) is 0 Å². The zero-order chi connectivity index (χ0) is 60.8. The van der Waals surface area contributed by atoms with Crippen LogP contribution in [0.1, 0.15) is 133 Å². The van der Waals surface area contributed by atoms with E-state index in [0.29, 0.717) is 37.8 Å². The third-order valence-corrected chi connectivity index (χ3v) is 21.3. The number of amides is 3. The van der Waals surface area contributed by atoms with Gasteiger partial charge in [-0.05, 0) is 128 Å². The summed E-state index contributed by atoms with van der Waals surface area (Å²) in [7, 11) is 0. The van der Waals surface area contributed by atoms with Crippen molar-refractivity contribution in [2.75, 3.05) is 146 Å². The first-order valence-electron chi connectivity index (χ1n) is 33.6. The first kappa shape index (κ1) is 64.0. The molecule has 12 rings (SSSR count). The van der Waals surface area contributed by atoms with Gasteiger partial charge in [-0.1, -0.05) is 49.2 Å². The summed E-state index contributed by atoms with van der Waals surface area (Å²) in [5.74, 6) is 1.21. The van der Waals surface area contributed by atoms with Gasteiger partial charge in [0.1, 0.15) is 0 Å². The van der Waals surface area contributed by atoms with Gasteiger partial charge in [0, 0.05) is 169 Å². The van der Waals surface area contributed by atoms with Crippen LogP contribution in [-0.2, 0) is 27.6 Å². The van der Waals surface area contributed by atoms with Crippen molar-refractivity contribution in [1.82, 2.24) is 50.1 Å². The predicted octanol–water partition coefficient (Wildman–Crippen LogP) is 7.03. The number of benzene rings is 2. The molecule has 5 N–H and O–H groups in total. The molecule has 0 bridgehead atoms. The highest BCUT2D eigenvalue weighted by atomic mass is 32.1. The summed E-state index contributed by atoms with van der Waals surface area (Å²) in [4.78, 5) is 73.4. The van der Waals surface area contributed by atoms with E-state index in [2.05, 4.69) is 67.3 Å². The number of hydrogen-bond acceptors (Lipinski definition) is 17. The number of thiazole rings is 1. The van der Waals surface area contributed by atoms with Gasteiger partial charge in [-0.3, -0.25) is 34.2 Å². The summed E-state index contributed by atoms with van der Waals surface area (Å²) >= 11 is 1.64. The number of carbonyl (C=O) groups excluding carboxylic acids is 3. The molecule has 1 aliphatic carbocycles. The molecular weight excluding hydrogens is 1130 g/mol. The number of hydrogen-bond donors (Lipinski definition) is 5. The molecular formula is C68H99N13O6S. The molecule has 3 amide bonds. The van der Waals surface area contributed by atoms with Gasteiger partial charge < -0.3 is 55.4 Å². The average Bonchev–Trinajstić information content (AvgIpc) is 4.45. The second-order valence-corrected chi connectivity index (χ2v) is 27.2. The highest BCUT2D eigenvalue weighted by Gasteiger charge is 2.37. The van der Waals surface area contributed by atoms with E-state index in [0.717, 1.165) is 224 Å². The number of nitrogens with zero attached hydrogens (tertiary/aromatic N) is 11. The Morgan fingerprint density at radius 1 is 0.591 bits per heavy atom. The van der Waals surface area contributed by atoms with Crippen LogP contribution in [-0.4, -0.2) is 215 Å². The van der Waals surface area contributed by atoms with Gasteiger partial charge in [-0.15, -0.1) is 11.3 Å². The third-order valence-electron chi connectivity index (χ3n) is 20.3. The van der Waals surface area contributed by atoms with E-state index in [1.54, 1.807) is 11.3 Å². The number of fused-ring (bicyclic) bond motifs is 2. The number of anilines is 3. The SMILES string of the molecule is CC1(O)CCN(c2nc(C(CC(=O)NCCN3CCCC3)N3CCCN(c4c(CO)ccc5cccnc45)CC3)cs2)CC1.O=C(CC(C1CCN(C(=O)C2CCCC2)CC1)N1CCCN(c2c(CO)ccc3cccnc23)CC1)NCCN1CCCC1. The number of carbonyl (C=O) groups is 3. The minimum Gasteiger partial charge on any atom is -0.392 e. The molecule has 478 valence electrons. The number of likely N-dealkylation sites (tertiary alicyclic amines) is 3. The van der Waals surface area contributed by atoms with Crippen LogP contribution < -0.4 is 25.3 Å². The highest BCUT2D eigenvalue weighted by molar-refractivity contribution is 7.13. The maximum Gasteiger partial charge on any atom is 0.225 e. The molecule has 19 nitrogen and oxygen atoms in total. The average molecular weight is 1230 g/mol. The summed E-state index contributed by atoms with van der Waals surface area (Å²) in [6.07, 6.45) is 19.3. The topological polar surface area (TPSA) is 201 Å². The fourth-order valence-electron chi connectivity index (χ4n) is 15.2. The zero-order valence-electron chi connectivity index (χ0n) is 52.4. The summed E-state index contributed by atoms with van der Waals surface area (Å²) in [5, 5.41) is 42.6. The molecule has 9 heterocycles. The maximum absolute atomic E-state index is 13.4. The largest absolute Gasteiger partial charge is 0.392 e. The monoisotopic (exact) mass is 1230 g/mol. The minimum atomic E-state index is -0.611. The Kier molecular flexibility index (Phi) is 22.5. The Bertz CT molecular complexity index is 3060. The first-order chi connectivity index (χ1) is 43.0. The number of aliphatic hydroxyl groups excluding tert-OH is 2.